The summed E-state index contributed by atoms with van der Waals surface area (Å²) < 4.78 is 12.9. The molecule has 0 unspecified atom stereocenters. The summed E-state index contributed by atoms with van der Waals surface area (Å²) in [5.41, 5.74) is 1.31. The summed E-state index contributed by atoms with van der Waals surface area (Å²) in [7, 11) is 0. The molecule has 2 fully saturated rings. The molecule has 2 aliphatic rings. The molecule has 2 saturated heterocycles. The molecule has 2 heterocycles. The molecule has 1 aromatic carbocycles. The van der Waals surface area contributed by atoms with E-state index >= 15 is 0 Å². The van der Waals surface area contributed by atoms with Gasteiger partial charge in [0.25, 0.3) is 0 Å². The maximum atomic E-state index is 12.9. The first-order valence-corrected chi connectivity index (χ1v) is 7.50. The van der Waals surface area contributed by atoms with E-state index in [1.807, 2.05) is 12.1 Å². The first-order chi connectivity index (χ1) is 9.31. The van der Waals surface area contributed by atoms with Gasteiger partial charge in [0.15, 0.2) is 0 Å². The molecule has 1 aromatic rings. The average molecular weight is 262 g/mol. The highest BCUT2D eigenvalue weighted by Gasteiger charge is 2.23. The van der Waals surface area contributed by atoms with Crippen molar-refractivity contribution in [1.29, 1.82) is 0 Å². The van der Waals surface area contributed by atoms with Crippen molar-refractivity contribution >= 4 is 0 Å². The Morgan fingerprint density at radius 1 is 1.11 bits per heavy atom. The number of piperidine rings is 1. The molecule has 0 bridgehead atoms. The fraction of sp³-hybridized carbons (Fsp3) is 0.625. The van der Waals surface area contributed by atoms with Crippen LogP contribution in [0, 0.1) is 11.7 Å². The molecule has 0 amide bonds. The third-order valence-electron chi connectivity index (χ3n) is 4.61. The van der Waals surface area contributed by atoms with Gasteiger partial charge >= 0.3 is 0 Å². The van der Waals surface area contributed by atoms with E-state index in [-0.39, 0.29) is 5.82 Å². The summed E-state index contributed by atoms with van der Waals surface area (Å²) in [5, 5.41) is 3.44. The topological polar surface area (TPSA) is 15.3 Å². The van der Waals surface area contributed by atoms with Gasteiger partial charge < -0.3 is 10.2 Å². The number of nitrogens with one attached hydrogen (secondary N) is 1. The van der Waals surface area contributed by atoms with Gasteiger partial charge in [0.1, 0.15) is 5.82 Å². The summed E-state index contributed by atoms with van der Waals surface area (Å²) in [6.45, 7) is 6.02. The van der Waals surface area contributed by atoms with E-state index in [1.165, 1.54) is 57.5 Å². The molecule has 2 aliphatic heterocycles. The zero-order valence-corrected chi connectivity index (χ0v) is 11.4. The van der Waals surface area contributed by atoms with Crippen LogP contribution in [0.1, 0.15) is 30.7 Å². The summed E-state index contributed by atoms with van der Waals surface area (Å²) in [6, 6.07) is 7.09. The van der Waals surface area contributed by atoms with E-state index in [0.29, 0.717) is 5.92 Å². The van der Waals surface area contributed by atoms with E-state index in [0.717, 1.165) is 5.92 Å². The number of hydrogen-bond donors (Lipinski definition) is 1. The van der Waals surface area contributed by atoms with E-state index in [9.17, 15) is 4.39 Å². The number of halogens is 1. The Labute approximate surface area is 115 Å². The van der Waals surface area contributed by atoms with Crippen LogP contribution in [0.3, 0.4) is 0 Å². The number of rotatable bonds is 3. The first kappa shape index (κ1) is 13.1. The Bertz CT molecular complexity index is 390. The van der Waals surface area contributed by atoms with Gasteiger partial charge in [-0.1, -0.05) is 12.1 Å². The second kappa shape index (κ2) is 6.02. The van der Waals surface area contributed by atoms with Crippen molar-refractivity contribution in [3.8, 4) is 0 Å². The van der Waals surface area contributed by atoms with Gasteiger partial charge in [0, 0.05) is 6.54 Å². The molecule has 3 heteroatoms. The van der Waals surface area contributed by atoms with Crippen molar-refractivity contribution in [1.82, 2.24) is 10.2 Å². The molecule has 1 atom stereocenters. The number of benzene rings is 1. The lowest BCUT2D eigenvalue weighted by Crippen LogP contribution is -2.37. The molecule has 3 rings (SSSR count). The largest absolute Gasteiger partial charge is 0.316 e. The minimum atomic E-state index is -0.130. The lowest BCUT2D eigenvalue weighted by atomic mass is 9.89. The van der Waals surface area contributed by atoms with Crippen molar-refractivity contribution in [2.75, 3.05) is 32.7 Å². The van der Waals surface area contributed by atoms with Crippen LogP contribution in [-0.2, 0) is 0 Å². The zero-order chi connectivity index (χ0) is 13.1. The van der Waals surface area contributed by atoms with Gasteiger partial charge in [0.2, 0.25) is 0 Å². The van der Waals surface area contributed by atoms with Crippen molar-refractivity contribution < 1.29 is 4.39 Å². The molecule has 19 heavy (non-hydrogen) atoms. The number of hydrogen-bond acceptors (Lipinski definition) is 2. The normalized spacial score (nSPS) is 25.8. The molecule has 0 saturated carbocycles. The van der Waals surface area contributed by atoms with Gasteiger partial charge in [-0.25, -0.2) is 4.39 Å². The van der Waals surface area contributed by atoms with Crippen LogP contribution in [0.5, 0.6) is 0 Å². The van der Waals surface area contributed by atoms with Crippen molar-refractivity contribution in [3.63, 3.8) is 0 Å². The minimum absolute atomic E-state index is 0.130. The molecule has 0 aliphatic carbocycles. The maximum Gasteiger partial charge on any atom is 0.123 e. The van der Waals surface area contributed by atoms with Crippen LogP contribution in [0.4, 0.5) is 4.39 Å². The lowest BCUT2D eigenvalue weighted by Gasteiger charge is -2.33. The number of nitrogens with zero attached hydrogens (tertiary/aromatic N) is 1. The van der Waals surface area contributed by atoms with Crippen molar-refractivity contribution in [2.24, 2.45) is 5.92 Å². The van der Waals surface area contributed by atoms with Crippen LogP contribution in [0.15, 0.2) is 24.3 Å². The minimum Gasteiger partial charge on any atom is -0.316 e. The van der Waals surface area contributed by atoms with Gasteiger partial charge in [-0.15, -0.1) is 0 Å². The van der Waals surface area contributed by atoms with Crippen LogP contribution >= 0.6 is 0 Å². The van der Waals surface area contributed by atoms with Crippen LogP contribution in [0.25, 0.3) is 0 Å². The highest BCUT2D eigenvalue weighted by molar-refractivity contribution is 5.21. The summed E-state index contributed by atoms with van der Waals surface area (Å²) in [5.74, 6) is 1.34. The fourth-order valence-electron chi connectivity index (χ4n) is 3.42. The average Bonchev–Trinajstić information content (AvgIpc) is 2.94. The maximum absolute atomic E-state index is 12.9. The van der Waals surface area contributed by atoms with Gasteiger partial charge in [0.05, 0.1) is 0 Å². The quantitative estimate of drug-likeness (QED) is 0.901. The molecule has 104 valence electrons. The van der Waals surface area contributed by atoms with Gasteiger partial charge in [-0.2, -0.15) is 0 Å². The highest BCUT2D eigenvalue weighted by Crippen LogP contribution is 2.28. The molecule has 0 radical (unpaired) electrons. The summed E-state index contributed by atoms with van der Waals surface area (Å²) in [6.07, 6.45) is 3.76. The van der Waals surface area contributed by atoms with Gasteiger partial charge in [-0.05, 0) is 75.0 Å². The monoisotopic (exact) mass is 262 g/mol. The summed E-state index contributed by atoms with van der Waals surface area (Å²) >= 11 is 0. The van der Waals surface area contributed by atoms with E-state index in [1.54, 1.807) is 12.1 Å². The smallest absolute Gasteiger partial charge is 0.123 e. The molecular weight excluding hydrogens is 239 g/mol. The lowest BCUT2D eigenvalue weighted by molar-refractivity contribution is 0.187. The van der Waals surface area contributed by atoms with E-state index < -0.39 is 0 Å². The van der Waals surface area contributed by atoms with Crippen LogP contribution in [0.2, 0.25) is 0 Å². The fourth-order valence-corrected chi connectivity index (χ4v) is 3.42. The van der Waals surface area contributed by atoms with Crippen molar-refractivity contribution in [3.05, 3.63) is 35.6 Å². The van der Waals surface area contributed by atoms with E-state index in [4.69, 9.17) is 0 Å². The molecule has 0 spiro atoms. The standard InChI is InChI=1S/C16H23FN2/c17-16-3-1-14(2-4-16)15-6-9-19(10-7-15)12-13-5-8-18-11-13/h1-4,13,15,18H,5-12H2/t13-/m0/s1. The Morgan fingerprint density at radius 2 is 1.84 bits per heavy atom. The Balaban J connectivity index is 1.50. The second-order valence-electron chi connectivity index (χ2n) is 5.99. The molecule has 1 N–H and O–H groups in total. The first-order valence-electron chi connectivity index (χ1n) is 7.50. The van der Waals surface area contributed by atoms with E-state index in [2.05, 4.69) is 10.2 Å². The Hall–Kier alpha value is -0.930. The highest BCUT2D eigenvalue weighted by atomic mass is 19.1. The third kappa shape index (κ3) is 3.34. The van der Waals surface area contributed by atoms with Crippen LogP contribution in [-0.4, -0.2) is 37.6 Å². The van der Waals surface area contributed by atoms with Crippen LogP contribution < -0.4 is 5.32 Å². The summed E-state index contributed by atoms with van der Waals surface area (Å²) in [4.78, 5) is 2.61. The van der Waals surface area contributed by atoms with Gasteiger partial charge in [-0.3, -0.25) is 0 Å². The second-order valence-corrected chi connectivity index (χ2v) is 5.99. The SMILES string of the molecule is Fc1ccc(C2CCN(C[C@H]3CCNC3)CC2)cc1. The number of likely N-dealkylation sites (tertiary alicyclic amines) is 1. The zero-order valence-electron chi connectivity index (χ0n) is 11.4. The predicted molar refractivity (Wildman–Crippen MR) is 75.8 cm³/mol. The Morgan fingerprint density at radius 3 is 2.47 bits per heavy atom. The molecule has 2 nitrogen and oxygen atoms in total. The van der Waals surface area contributed by atoms with Crippen molar-refractivity contribution in [2.45, 2.75) is 25.2 Å². The Kier molecular flexibility index (Phi) is 4.14. The third-order valence-corrected chi connectivity index (χ3v) is 4.61. The molecule has 0 aromatic heterocycles. The predicted octanol–water partition coefficient (Wildman–Crippen LogP) is 2.61. The molecular formula is C16H23FN2.